The fraction of sp³-hybridized carbons (Fsp3) is 0.562. The number of hydrogen-bond donors (Lipinski definition) is 1. The van der Waals surface area contributed by atoms with Crippen LogP contribution in [-0.2, 0) is 4.79 Å². The Hall–Kier alpha value is -1.58. The van der Waals surface area contributed by atoms with Gasteiger partial charge in [0, 0.05) is 6.04 Å². The van der Waals surface area contributed by atoms with Crippen LogP contribution in [0.5, 0.6) is 5.75 Å². The molecule has 0 aliphatic heterocycles. The molecule has 2 rings (SSSR count). The summed E-state index contributed by atoms with van der Waals surface area (Å²) in [6.45, 7) is 1.91. The van der Waals surface area contributed by atoms with E-state index < -0.39 is 6.10 Å². The van der Waals surface area contributed by atoms with Gasteiger partial charge in [-0.2, -0.15) is 0 Å². The molecule has 1 atom stereocenters. The Kier molecular flexibility index (Phi) is 5.39. The average molecular weight is 279 g/mol. The van der Waals surface area contributed by atoms with E-state index >= 15 is 0 Å². The predicted octanol–water partition coefficient (Wildman–Crippen LogP) is 3.43. The molecule has 1 N–H and O–H groups in total. The van der Waals surface area contributed by atoms with Crippen molar-refractivity contribution in [3.05, 3.63) is 30.1 Å². The fourth-order valence-corrected chi connectivity index (χ4v) is 2.54. The van der Waals surface area contributed by atoms with Gasteiger partial charge in [0.15, 0.2) is 6.10 Å². The lowest BCUT2D eigenvalue weighted by Gasteiger charge is -2.25. The summed E-state index contributed by atoms with van der Waals surface area (Å²) in [7, 11) is 0. The van der Waals surface area contributed by atoms with Gasteiger partial charge in [-0.15, -0.1) is 0 Å². The van der Waals surface area contributed by atoms with Gasteiger partial charge in [0.1, 0.15) is 11.6 Å². The molecule has 1 aromatic carbocycles. The smallest absolute Gasteiger partial charge is 0.261 e. The van der Waals surface area contributed by atoms with Crippen molar-refractivity contribution in [2.24, 2.45) is 0 Å². The fourth-order valence-electron chi connectivity index (χ4n) is 2.54. The topological polar surface area (TPSA) is 38.3 Å². The maximum Gasteiger partial charge on any atom is 0.261 e. The minimum absolute atomic E-state index is 0.0660. The zero-order valence-corrected chi connectivity index (χ0v) is 11.9. The normalized spacial score (nSPS) is 17.5. The molecule has 0 bridgehead atoms. The van der Waals surface area contributed by atoms with Crippen molar-refractivity contribution in [3.8, 4) is 5.75 Å². The van der Waals surface area contributed by atoms with Crippen molar-refractivity contribution in [1.82, 2.24) is 5.32 Å². The summed E-state index contributed by atoms with van der Waals surface area (Å²) in [6.07, 6.45) is 5.81. The van der Waals surface area contributed by atoms with Gasteiger partial charge < -0.3 is 10.1 Å². The van der Waals surface area contributed by atoms with Crippen LogP contribution in [0.25, 0.3) is 0 Å². The summed E-state index contributed by atoms with van der Waals surface area (Å²) in [5.41, 5.74) is 0. The number of hydrogen-bond acceptors (Lipinski definition) is 2. The molecule has 1 aromatic rings. The predicted molar refractivity (Wildman–Crippen MR) is 76.1 cm³/mol. The molecule has 1 amide bonds. The Morgan fingerprint density at radius 1 is 1.30 bits per heavy atom. The second-order valence-corrected chi connectivity index (χ2v) is 5.31. The Balaban J connectivity index is 1.89. The summed E-state index contributed by atoms with van der Waals surface area (Å²) in [4.78, 5) is 12.2. The van der Waals surface area contributed by atoms with Crippen LogP contribution >= 0.6 is 0 Å². The second kappa shape index (κ2) is 7.27. The van der Waals surface area contributed by atoms with E-state index in [1.807, 2.05) is 6.92 Å². The molecule has 1 aliphatic carbocycles. The van der Waals surface area contributed by atoms with E-state index in [1.165, 1.54) is 31.4 Å². The quantitative estimate of drug-likeness (QED) is 0.896. The van der Waals surface area contributed by atoms with Gasteiger partial charge in [-0.25, -0.2) is 4.39 Å². The standard InChI is InChI=1S/C16H22FNO2/c1-2-15(20-14-10-8-12(17)9-11-14)16(19)18-13-6-4-3-5-7-13/h8-11,13,15H,2-7H2,1H3,(H,18,19). The van der Waals surface area contributed by atoms with Crippen molar-refractivity contribution in [1.29, 1.82) is 0 Å². The number of ether oxygens (including phenoxy) is 1. The van der Waals surface area contributed by atoms with Gasteiger partial charge in [0.25, 0.3) is 5.91 Å². The number of carbonyl (C=O) groups is 1. The minimum Gasteiger partial charge on any atom is -0.481 e. The van der Waals surface area contributed by atoms with Crippen molar-refractivity contribution >= 4 is 5.91 Å². The number of amides is 1. The highest BCUT2D eigenvalue weighted by Gasteiger charge is 2.22. The van der Waals surface area contributed by atoms with E-state index in [4.69, 9.17) is 4.74 Å². The molecule has 0 aromatic heterocycles. The summed E-state index contributed by atoms with van der Waals surface area (Å²) in [5.74, 6) is 0.151. The molecule has 20 heavy (non-hydrogen) atoms. The molecule has 110 valence electrons. The number of rotatable bonds is 5. The SMILES string of the molecule is CCC(Oc1ccc(F)cc1)C(=O)NC1CCCCC1. The molecule has 1 aliphatic rings. The van der Waals surface area contributed by atoms with E-state index in [2.05, 4.69) is 5.32 Å². The highest BCUT2D eigenvalue weighted by molar-refractivity contribution is 5.81. The summed E-state index contributed by atoms with van der Waals surface area (Å²) in [6, 6.07) is 6.04. The van der Waals surface area contributed by atoms with Crippen molar-refractivity contribution in [2.45, 2.75) is 57.6 Å². The first kappa shape index (κ1) is 14.8. The summed E-state index contributed by atoms with van der Waals surface area (Å²) >= 11 is 0. The first-order valence-electron chi connectivity index (χ1n) is 7.41. The van der Waals surface area contributed by atoms with Gasteiger partial charge in [0.2, 0.25) is 0 Å². The van der Waals surface area contributed by atoms with Crippen LogP contribution in [0.3, 0.4) is 0 Å². The molecule has 0 heterocycles. The molecule has 0 saturated heterocycles. The van der Waals surface area contributed by atoms with Gasteiger partial charge in [-0.05, 0) is 43.5 Å². The first-order chi connectivity index (χ1) is 9.69. The van der Waals surface area contributed by atoms with Crippen LogP contribution in [0.1, 0.15) is 45.4 Å². The van der Waals surface area contributed by atoms with Crippen LogP contribution in [0, 0.1) is 5.82 Å². The molecule has 0 radical (unpaired) electrons. The second-order valence-electron chi connectivity index (χ2n) is 5.31. The van der Waals surface area contributed by atoms with Crippen molar-refractivity contribution in [3.63, 3.8) is 0 Å². The third-order valence-corrected chi connectivity index (χ3v) is 3.71. The third kappa shape index (κ3) is 4.22. The van der Waals surface area contributed by atoms with Gasteiger partial charge in [0.05, 0.1) is 0 Å². The molecule has 3 nitrogen and oxygen atoms in total. The third-order valence-electron chi connectivity index (χ3n) is 3.71. The highest BCUT2D eigenvalue weighted by atomic mass is 19.1. The lowest BCUT2D eigenvalue weighted by molar-refractivity contribution is -0.129. The zero-order valence-electron chi connectivity index (χ0n) is 11.9. The van der Waals surface area contributed by atoms with Gasteiger partial charge in [-0.3, -0.25) is 4.79 Å². The monoisotopic (exact) mass is 279 g/mol. The van der Waals surface area contributed by atoms with Crippen molar-refractivity contribution < 1.29 is 13.9 Å². The number of nitrogens with one attached hydrogen (secondary N) is 1. The van der Waals surface area contributed by atoms with Crippen LogP contribution < -0.4 is 10.1 Å². The van der Waals surface area contributed by atoms with Crippen LogP contribution in [0.2, 0.25) is 0 Å². The van der Waals surface area contributed by atoms with Crippen LogP contribution in [-0.4, -0.2) is 18.1 Å². The average Bonchev–Trinajstić information content (AvgIpc) is 2.47. The van der Waals surface area contributed by atoms with E-state index in [0.29, 0.717) is 12.2 Å². The minimum atomic E-state index is -0.512. The highest BCUT2D eigenvalue weighted by Crippen LogP contribution is 2.19. The Bertz CT molecular complexity index is 427. The molecule has 4 heteroatoms. The van der Waals surface area contributed by atoms with E-state index in [9.17, 15) is 9.18 Å². The maximum absolute atomic E-state index is 12.8. The van der Waals surface area contributed by atoms with E-state index in [-0.39, 0.29) is 17.8 Å². The molecule has 1 unspecified atom stereocenters. The largest absolute Gasteiger partial charge is 0.481 e. The van der Waals surface area contributed by atoms with Crippen molar-refractivity contribution in [2.75, 3.05) is 0 Å². The zero-order chi connectivity index (χ0) is 14.4. The van der Waals surface area contributed by atoms with E-state index in [0.717, 1.165) is 12.8 Å². The Morgan fingerprint density at radius 3 is 2.55 bits per heavy atom. The first-order valence-corrected chi connectivity index (χ1v) is 7.41. The van der Waals surface area contributed by atoms with Crippen LogP contribution in [0.4, 0.5) is 4.39 Å². The molecule has 1 fully saturated rings. The summed E-state index contributed by atoms with van der Waals surface area (Å²) in [5, 5.41) is 3.06. The lowest BCUT2D eigenvalue weighted by Crippen LogP contribution is -2.44. The van der Waals surface area contributed by atoms with Gasteiger partial charge >= 0.3 is 0 Å². The Morgan fingerprint density at radius 2 is 1.95 bits per heavy atom. The number of carbonyl (C=O) groups excluding carboxylic acids is 1. The van der Waals surface area contributed by atoms with E-state index in [1.54, 1.807) is 12.1 Å². The molecule has 1 saturated carbocycles. The summed E-state index contributed by atoms with van der Waals surface area (Å²) < 4.78 is 18.5. The van der Waals surface area contributed by atoms with Gasteiger partial charge in [-0.1, -0.05) is 26.2 Å². The lowest BCUT2D eigenvalue weighted by atomic mass is 9.95. The molecular weight excluding hydrogens is 257 g/mol. The van der Waals surface area contributed by atoms with Crippen LogP contribution in [0.15, 0.2) is 24.3 Å². The number of halogens is 1. The molecular formula is C16H22FNO2. The molecule has 0 spiro atoms. The maximum atomic E-state index is 12.8. The number of benzene rings is 1. The Labute approximate surface area is 119 Å².